The molecule has 0 N–H and O–H groups in total. The van der Waals surface area contributed by atoms with Gasteiger partial charge in [0, 0.05) is 13.7 Å². The van der Waals surface area contributed by atoms with E-state index in [2.05, 4.69) is 20.8 Å². The minimum atomic E-state index is 0.0994. The van der Waals surface area contributed by atoms with E-state index in [1.54, 1.807) is 7.11 Å². The Kier molecular flexibility index (Phi) is 18.9. The smallest absolute Gasteiger partial charge is 0.157 e. The fourth-order valence-corrected chi connectivity index (χ4v) is 1.33. The van der Waals surface area contributed by atoms with Crippen LogP contribution in [0, 0.1) is 5.92 Å². The molecule has 1 aliphatic heterocycles. The molecule has 0 bridgehead atoms. The summed E-state index contributed by atoms with van der Waals surface area (Å²) in [4.78, 5) is 0. The molecule has 1 aliphatic rings. The average molecular weight is 262 g/mol. The number of hydrogen-bond donors (Lipinski definition) is 0. The van der Waals surface area contributed by atoms with E-state index in [-0.39, 0.29) is 6.29 Å². The van der Waals surface area contributed by atoms with Gasteiger partial charge in [-0.2, -0.15) is 0 Å². The molecule has 0 radical (unpaired) electrons. The molecule has 0 saturated carbocycles. The first-order valence-electron chi connectivity index (χ1n) is 7.42. The van der Waals surface area contributed by atoms with Gasteiger partial charge in [0.05, 0.1) is 13.2 Å². The summed E-state index contributed by atoms with van der Waals surface area (Å²) in [5.41, 5.74) is 0. The molecule has 0 aromatic heterocycles. The molecule has 0 spiro atoms. The van der Waals surface area contributed by atoms with E-state index < -0.39 is 0 Å². The van der Waals surface area contributed by atoms with Crippen molar-refractivity contribution in [2.24, 2.45) is 5.92 Å². The summed E-state index contributed by atoms with van der Waals surface area (Å²) in [6, 6.07) is 0. The molecule has 3 nitrogen and oxygen atoms in total. The van der Waals surface area contributed by atoms with Crippen LogP contribution in [0.3, 0.4) is 0 Å². The topological polar surface area (TPSA) is 27.7 Å². The summed E-state index contributed by atoms with van der Waals surface area (Å²) in [6.45, 7) is 13.1. The second-order valence-corrected chi connectivity index (χ2v) is 4.49. The third kappa shape index (κ3) is 15.9. The van der Waals surface area contributed by atoms with Crippen molar-refractivity contribution in [2.75, 3.05) is 26.9 Å². The molecule has 112 valence electrons. The van der Waals surface area contributed by atoms with Crippen molar-refractivity contribution in [2.45, 2.75) is 66.6 Å². The van der Waals surface area contributed by atoms with Crippen LogP contribution in [0.15, 0.2) is 0 Å². The molecule has 1 rings (SSSR count). The van der Waals surface area contributed by atoms with Crippen molar-refractivity contribution in [3.8, 4) is 0 Å². The van der Waals surface area contributed by atoms with Gasteiger partial charge in [0.2, 0.25) is 0 Å². The van der Waals surface area contributed by atoms with Gasteiger partial charge in [-0.25, -0.2) is 0 Å². The Morgan fingerprint density at radius 3 is 2.06 bits per heavy atom. The van der Waals surface area contributed by atoms with Crippen molar-refractivity contribution < 1.29 is 14.2 Å². The van der Waals surface area contributed by atoms with Gasteiger partial charge in [-0.05, 0) is 25.2 Å². The molecule has 0 aromatic rings. The molecule has 0 atom stereocenters. The highest BCUT2D eigenvalue weighted by molar-refractivity contribution is 4.54. The van der Waals surface area contributed by atoms with Crippen LogP contribution in [0.2, 0.25) is 0 Å². The zero-order chi connectivity index (χ0) is 14.2. The van der Waals surface area contributed by atoms with Gasteiger partial charge in [-0.1, -0.05) is 41.0 Å². The van der Waals surface area contributed by atoms with Crippen LogP contribution in [0.1, 0.15) is 60.3 Å². The maximum Gasteiger partial charge on any atom is 0.157 e. The molecule has 1 fully saturated rings. The number of rotatable bonds is 6. The molecule has 0 aliphatic carbocycles. The lowest BCUT2D eigenvalue weighted by molar-refractivity contribution is -0.0495. The Morgan fingerprint density at radius 1 is 1.17 bits per heavy atom. The third-order valence-corrected chi connectivity index (χ3v) is 2.37. The molecule has 0 amide bonds. The van der Waals surface area contributed by atoms with Crippen LogP contribution in [0.5, 0.6) is 0 Å². The standard InChI is InChI=1S/C8H16O2.C5H12O.C2H6/c1-7(2)3-4-8-9-5-6-10-8;1-3-4-5-6-2;1-2/h7-8H,3-6H2,1-2H3;3-5H2,1-2H3;1-2H3. The van der Waals surface area contributed by atoms with E-state index in [0.29, 0.717) is 0 Å². The quantitative estimate of drug-likeness (QED) is 0.670. The second kappa shape index (κ2) is 16.9. The lowest BCUT2D eigenvalue weighted by Crippen LogP contribution is -2.08. The lowest BCUT2D eigenvalue weighted by atomic mass is 10.1. The van der Waals surface area contributed by atoms with E-state index in [1.165, 1.54) is 19.3 Å². The highest BCUT2D eigenvalue weighted by atomic mass is 16.7. The van der Waals surface area contributed by atoms with Crippen molar-refractivity contribution in [3.05, 3.63) is 0 Å². The molecular weight excluding hydrogens is 228 g/mol. The first kappa shape index (κ1) is 20.2. The Labute approximate surface area is 114 Å². The van der Waals surface area contributed by atoms with Crippen molar-refractivity contribution >= 4 is 0 Å². The van der Waals surface area contributed by atoms with E-state index >= 15 is 0 Å². The number of hydrogen-bond acceptors (Lipinski definition) is 3. The molecule has 18 heavy (non-hydrogen) atoms. The van der Waals surface area contributed by atoms with E-state index in [1.807, 2.05) is 13.8 Å². The predicted molar refractivity (Wildman–Crippen MR) is 77.9 cm³/mol. The number of ether oxygens (including phenoxy) is 3. The van der Waals surface area contributed by atoms with Gasteiger partial charge >= 0.3 is 0 Å². The third-order valence-electron chi connectivity index (χ3n) is 2.37. The van der Waals surface area contributed by atoms with Gasteiger partial charge in [0.15, 0.2) is 6.29 Å². The molecule has 0 aromatic carbocycles. The van der Waals surface area contributed by atoms with Crippen LogP contribution in [-0.2, 0) is 14.2 Å². The Morgan fingerprint density at radius 2 is 1.72 bits per heavy atom. The van der Waals surface area contributed by atoms with Crippen LogP contribution in [0.25, 0.3) is 0 Å². The first-order chi connectivity index (χ1) is 8.70. The summed E-state index contributed by atoms with van der Waals surface area (Å²) < 4.78 is 15.3. The summed E-state index contributed by atoms with van der Waals surface area (Å²) >= 11 is 0. The van der Waals surface area contributed by atoms with Crippen LogP contribution >= 0.6 is 0 Å². The van der Waals surface area contributed by atoms with Crippen molar-refractivity contribution in [3.63, 3.8) is 0 Å². The Balaban J connectivity index is 0. The fraction of sp³-hybridized carbons (Fsp3) is 1.00. The van der Waals surface area contributed by atoms with Crippen LogP contribution < -0.4 is 0 Å². The van der Waals surface area contributed by atoms with E-state index in [4.69, 9.17) is 14.2 Å². The summed E-state index contributed by atoms with van der Waals surface area (Å²) in [6.07, 6.45) is 4.77. The molecular formula is C15H34O3. The molecule has 3 heteroatoms. The largest absolute Gasteiger partial charge is 0.385 e. The minimum Gasteiger partial charge on any atom is -0.385 e. The fourth-order valence-electron chi connectivity index (χ4n) is 1.33. The first-order valence-corrected chi connectivity index (χ1v) is 7.42. The molecule has 1 heterocycles. The number of unbranched alkanes of at least 4 members (excludes halogenated alkanes) is 1. The van der Waals surface area contributed by atoms with Gasteiger partial charge in [-0.3, -0.25) is 0 Å². The van der Waals surface area contributed by atoms with Crippen molar-refractivity contribution in [1.29, 1.82) is 0 Å². The molecule has 1 saturated heterocycles. The minimum absolute atomic E-state index is 0.0994. The van der Waals surface area contributed by atoms with E-state index in [9.17, 15) is 0 Å². The summed E-state index contributed by atoms with van der Waals surface area (Å²) in [5.74, 6) is 0.757. The predicted octanol–water partition coefficient (Wildman–Crippen LogP) is 4.25. The maximum atomic E-state index is 5.28. The van der Waals surface area contributed by atoms with Crippen LogP contribution in [0.4, 0.5) is 0 Å². The van der Waals surface area contributed by atoms with Gasteiger partial charge in [-0.15, -0.1) is 0 Å². The average Bonchev–Trinajstić information content (AvgIpc) is 2.90. The highest BCUT2D eigenvalue weighted by Gasteiger charge is 2.15. The summed E-state index contributed by atoms with van der Waals surface area (Å²) in [5, 5.41) is 0. The highest BCUT2D eigenvalue weighted by Crippen LogP contribution is 2.13. The Hall–Kier alpha value is -0.120. The van der Waals surface area contributed by atoms with Gasteiger partial charge < -0.3 is 14.2 Å². The van der Waals surface area contributed by atoms with Gasteiger partial charge in [0.25, 0.3) is 0 Å². The normalized spacial score (nSPS) is 14.8. The van der Waals surface area contributed by atoms with E-state index in [0.717, 1.165) is 32.2 Å². The SMILES string of the molecule is CC.CC(C)CCC1OCCO1.CCCCOC. The lowest BCUT2D eigenvalue weighted by Gasteiger charge is -2.09. The maximum absolute atomic E-state index is 5.28. The second-order valence-electron chi connectivity index (χ2n) is 4.49. The van der Waals surface area contributed by atoms with Crippen molar-refractivity contribution in [1.82, 2.24) is 0 Å². The van der Waals surface area contributed by atoms with Gasteiger partial charge in [0.1, 0.15) is 0 Å². The summed E-state index contributed by atoms with van der Waals surface area (Å²) in [7, 11) is 1.73. The molecule has 0 unspecified atom stereocenters. The number of methoxy groups -OCH3 is 1. The Bertz CT molecular complexity index is 128. The zero-order valence-electron chi connectivity index (χ0n) is 13.3. The zero-order valence-corrected chi connectivity index (χ0v) is 13.3. The monoisotopic (exact) mass is 262 g/mol. The van der Waals surface area contributed by atoms with Crippen LogP contribution in [-0.4, -0.2) is 33.2 Å².